The molecule has 0 spiro atoms. The monoisotopic (exact) mass is 381 g/mol. The van der Waals surface area contributed by atoms with E-state index in [-0.39, 0.29) is 18.6 Å². The maximum absolute atomic E-state index is 12.9. The summed E-state index contributed by atoms with van der Waals surface area (Å²) in [6, 6.07) is 10.3. The van der Waals surface area contributed by atoms with Crippen LogP contribution in [0.5, 0.6) is 17.2 Å². The van der Waals surface area contributed by atoms with Crippen molar-refractivity contribution < 1.29 is 19.0 Å². The molecule has 148 valence electrons. The summed E-state index contributed by atoms with van der Waals surface area (Å²) in [6.07, 6.45) is 2.72. The van der Waals surface area contributed by atoms with Gasteiger partial charge >= 0.3 is 0 Å². The van der Waals surface area contributed by atoms with Crippen LogP contribution in [0.3, 0.4) is 0 Å². The minimum Gasteiger partial charge on any atom is -0.492 e. The Morgan fingerprint density at radius 3 is 2.89 bits per heavy atom. The van der Waals surface area contributed by atoms with Crippen LogP contribution in [0.1, 0.15) is 41.1 Å². The Morgan fingerprint density at radius 1 is 1.29 bits per heavy atom. The molecule has 0 N–H and O–H groups in total. The zero-order chi connectivity index (χ0) is 19.7. The van der Waals surface area contributed by atoms with Gasteiger partial charge in [-0.2, -0.15) is 0 Å². The SMILES string of the molecule is COc1c2c(cc3c1C(CC(=O)CCc1ccccc1C)N(C)CC3)OCO2. The molecule has 2 aliphatic rings. The van der Waals surface area contributed by atoms with Crippen molar-refractivity contribution in [3.05, 3.63) is 52.6 Å². The fourth-order valence-corrected chi connectivity index (χ4v) is 4.27. The van der Waals surface area contributed by atoms with Gasteiger partial charge in [0.25, 0.3) is 0 Å². The number of hydrogen-bond donors (Lipinski definition) is 0. The lowest BCUT2D eigenvalue weighted by Gasteiger charge is -2.35. The van der Waals surface area contributed by atoms with Crippen molar-refractivity contribution in [1.29, 1.82) is 0 Å². The lowest BCUT2D eigenvalue weighted by molar-refractivity contribution is -0.120. The molecule has 1 atom stereocenters. The predicted octanol–water partition coefficient (Wildman–Crippen LogP) is 3.85. The van der Waals surface area contributed by atoms with Crippen LogP contribution in [0.4, 0.5) is 0 Å². The van der Waals surface area contributed by atoms with Gasteiger partial charge in [0.2, 0.25) is 12.5 Å². The number of benzene rings is 2. The van der Waals surface area contributed by atoms with E-state index in [1.165, 1.54) is 16.7 Å². The predicted molar refractivity (Wildman–Crippen MR) is 107 cm³/mol. The number of carbonyl (C=O) groups excluding carboxylic acids is 1. The number of rotatable bonds is 6. The van der Waals surface area contributed by atoms with Gasteiger partial charge in [0.15, 0.2) is 11.5 Å². The van der Waals surface area contributed by atoms with Crippen LogP contribution in [0.25, 0.3) is 0 Å². The quantitative estimate of drug-likeness (QED) is 0.761. The Bertz CT molecular complexity index is 892. The van der Waals surface area contributed by atoms with E-state index < -0.39 is 0 Å². The van der Waals surface area contributed by atoms with Crippen molar-refractivity contribution in [2.75, 3.05) is 27.5 Å². The molecular formula is C23H27NO4. The van der Waals surface area contributed by atoms with Gasteiger partial charge in [0.1, 0.15) is 5.78 Å². The Balaban J connectivity index is 1.55. The van der Waals surface area contributed by atoms with Crippen LogP contribution in [0, 0.1) is 6.92 Å². The second-order valence-electron chi connectivity index (χ2n) is 7.63. The zero-order valence-electron chi connectivity index (χ0n) is 16.8. The van der Waals surface area contributed by atoms with Crippen molar-refractivity contribution in [3.8, 4) is 17.2 Å². The smallest absolute Gasteiger partial charge is 0.231 e. The molecular weight excluding hydrogens is 354 g/mol. The fraction of sp³-hybridized carbons (Fsp3) is 0.435. The third kappa shape index (κ3) is 3.47. The highest BCUT2D eigenvalue weighted by atomic mass is 16.7. The molecule has 0 radical (unpaired) electrons. The Morgan fingerprint density at radius 2 is 2.11 bits per heavy atom. The molecule has 5 heteroatoms. The first-order valence-electron chi connectivity index (χ1n) is 9.84. The lowest BCUT2D eigenvalue weighted by Crippen LogP contribution is -2.34. The summed E-state index contributed by atoms with van der Waals surface area (Å²) < 4.78 is 16.9. The molecule has 0 aliphatic carbocycles. The third-order valence-corrected chi connectivity index (χ3v) is 5.90. The standard InChI is InChI=1S/C23H27NO4/c1-15-6-4-5-7-16(15)8-9-18(25)13-19-21-17(10-11-24(19)2)12-20-22(23(21)26-3)28-14-27-20/h4-7,12,19H,8-11,13-14H2,1-3H3. The number of carbonyl (C=O) groups is 1. The van der Waals surface area contributed by atoms with Crippen LogP contribution < -0.4 is 14.2 Å². The van der Waals surface area contributed by atoms with Crippen molar-refractivity contribution in [1.82, 2.24) is 4.90 Å². The maximum atomic E-state index is 12.9. The highest BCUT2D eigenvalue weighted by Crippen LogP contribution is 2.50. The summed E-state index contributed by atoms with van der Waals surface area (Å²) in [4.78, 5) is 15.1. The molecule has 0 saturated heterocycles. The number of nitrogens with zero attached hydrogens (tertiary/aromatic N) is 1. The molecule has 0 amide bonds. The maximum Gasteiger partial charge on any atom is 0.231 e. The second-order valence-corrected chi connectivity index (χ2v) is 7.63. The lowest BCUT2D eigenvalue weighted by atomic mass is 9.87. The molecule has 2 heterocycles. The van der Waals surface area contributed by atoms with Gasteiger partial charge in [-0.25, -0.2) is 0 Å². The highest BCUT2D eigenvalue weighted by Gasteiger charge is 2.34. The summed E-state index contributed by atoms with van der Waals surface area (Å²) in [6.45, 7) is 3.22. The minimum atomic E-state index is -0.00225. The third-order valence-electron chi connectivity index (χ3n) is 5.90. The number of hydrogen-bond acceptors (Lipinski definition) is 5. The number of ether oxygens (including phenoxy) is 3. The summed E-state index contributed by atoms with van der Waals surface area (Å²) >= 11 is 0. The Labute approximate surface area is 166 Å². The molecule has 2 aromatic carbocycles. The topological polar surface area (TPSA) is 48.0 Å². The number of Topliss-reactive ketones (excluding diaryl/α,β-unsaturated/α-hetero) is 1. The van der Waals surface area contributed by atoms with Crippen molar-refractivity contribution >= 4 is 5.78 Å². The van der Waals surface area contributed by atoms with Crippen LogP contribution in [0.2, 0.25) is 0 Å². The van der Waals surface area contributed by atoms with Crippen LogP contribution in [-0.4, -0.2) is 38.2 Å². The van der Waals surface area contributed by atoms with Gasteiger partial charge in [-0.3, -0.25) is 9.69 Å². The fourth-order valence-electron chi connectivity index (χ4n) is 4.27. The van der Waals surface area contributed by atoms with E-state index in [4.69, 9.17) is 14.2 Å². The van der Waals surface area contributed by atoms with E-state index >= 15 is 0 Å². The van der Waals surface area contributed by atoms with E-state index in [1.807, 2.05) is 12.1 Å². The average Bonchev–Trinajstić information content (AvgIpc) is 3.16. The minimum absolute atomic E-state index is 0.00225. The molecule has 4 rings (SSSR count). The summed E-state index contributed by atoms with van der Waals surface area (Å²) in [5, 5.41) is 0. The number of likely N-dealkylation sites (N-methyl/N-ethyl adjacent to an activating group) is 1. The number of aryl methyl sites for hydroxylation is 2. The number of methoxy groups -OCH3 is 1. The molecule has 28 heavy (non-hydrogen) atoms. The number of fused-ring (bicyclic) bond motifs is 2. The van der Waals surface area contributed by atoms with E-state index in [2.05, 4.69) is 37.1 Å². The molecule has 5 nitrogen and oxygen atoms in total. The van der Waals surface area contributed by atoms with E-state index in [1.54, 1.807) is 7.11 Å². The van der Waals surface area contributed by atoms with Crippen molar-refractivity contribution in [2.24, 2.45) is 0 Å². The zero-order valence-corrected chi connectivity index (χ0v) is 16.8. The van der Waals surface area contributed by atoms with Gasteiger partial charge in [0, 0.05) is 31.0 Å². The summed E-state index contributed by atoms with van der Waals surface area (Å²) in [7, 11) is 3.73. The molecule has 1 unspecified atom stereocenters. The largest absolute Gasteiger partial charge is 0.492 e. The molecule has 0 bridgehead atoms. The molecule has 2 aromatic rings. The van der Waals surface area contributed by atoms with Crippen LogP contribution in [0.15, 0.2) is 30.3 Å². The van der Waals surface area contributed by atoms with E-state index in [9.17, 15) is 4.79 Å². The molecule has 0 fully saturated rings. The van der Waals surface area contributed by atoms with Crippen LogP contribution >= 0.6 is 0 Å². The van der Waals surface area contributed by atoms with Gasteiger partial charge < -0.3 is 14.2 Å². The normalized spacial score (nSPS) is 18.0. The summed E-state index contributed by atoms with van der Waals surface area (Å²) in [5.41, 5.74) is 4.75. The first kappa shape index (κ1) is 18.8. The first-order valence-corrected chi connectivity index (χ1v) is 9.84. The average molecular weight is 381 g/mol. The van der Waals surface area contributed by atoms with Gasteiger partial charge in [0.05, 0.1) is 7.11 Å². The molecule has 0 saturated carbocycles. The highest BCUT2D eigenvalue weighted by molar-refractivity contribution is 5.80. The van der Waals surface area contributed by atoms with Crippen molar-refractivity contribution in [2.45, 2.75) is 38.6 Å². The molecule has 0 aromatic heterocycles. The van der Waals surface area contributed by atoms with E-state index in [0.717, 1.165) is 30.7 Å². The number of ketones is 1. The van der Waals surface area contributed by atoms with Crippen molar-refractivity contribution in [3.63, 3.8) is 0 Å². The second kappa shape index (κ2) is 7.84. The van der Waals surface area contributed by atoms with Crippen LogP contribution in [-0.2, 0) is 17.6 Å². The Hall–Kier alpha value is -2.53. The summed E-state index contributed by atoms with van der Waals surface area (Å²) in [5.74, 6) is 2.39. The van der Waals surface area contributed by atoms with Gasteiger partial charge in [-0.15, -0.1) is 0 Å². The first-order chi connectivity index (χ1) is 13.6. The van der Waals surface area contributed by atoms with E-state index in [0.29, 0.717) is 24.3 Å². The van der Waals surface area contributed by atoms with Gasteiger partial charge in [-0.1, -0.05) is 24.3 Å². The molecule has 2 aliphatic heterocycles. The Kier molecular flexibility index (Phi) is 5.27. The van der Waals surface area contributed by atoms with Gasteiger partial charge in [-0.05, 0) is 49.6 Å².